The average Bonchev–Trinajstić information content (AvgIpc) is 2.94. The number of unbranched alkanes of at least 4 members (excludes halogenated alkanes) is 2. The molecule has 21 heavy (non-hydrogen) atoms. The van der Waals surface area contributed by atoms with Crippen LogP contribution in [0.4, 0.5) is 0 Å². The van der Waals surface area contributed by atoms with E-state index in [0.717, 1.165) is 35.0 Å². The first kappa shape index (κ1) is 16.0. The molecular weight excluding hydrogens is 354 g/mol. The molecule has 4 nitrogen and oxygen atoms in total. The molecule has 0 atom stereocenters. The van der Waals surface area contributed by atoms with Gasteiger partial charge in [-0.05, 0) is 24.6 Å². The van der Waals surface area contributed by atoms with E-state index in [1.165, 1.54) is 11.3 Å². The van der Waals surface area contributed by atoms with E-state index in [1.807, 2.05) is 18.2 Å². The second kappa shape index (κ2) is 7.56. The monoisotopic (exact) mass is 369 g/mol. The van der Waals surface area contributed by atoms with Crippen LogP contribution in [0.1, 0.15) is 36.7 Å². The van der Waals surface area contributed by atoms with Crippen molar-refractivity contribution in [2.75, 3.05) is 6.61 Å². The number of carbonyl (C=O) groups is 1. The summed E-state index contributed by atoms with van der Waals surface area (Å²) in [5.74, 6) is -0.279. The molecule has 0 aliphatic heterocycles. The van der Waals surface area contributed by atoms with Gasteiger partial charge in [0.15, 0.2) is 5.69 Å². The van der Waals surface area contributed by atoms with Crippen LogP contribution < -0.4 is 4.74 Å². The first-order valence-electron chi connectivity index (χ1n) is 6.73. The molecule has 0 radical (unpaired) electrons. The molecule has 1 N–H and O–H groups in total. The summed E-state index contributed by atoms with van der Waals surface area (Å²) in [6.45, 7) is 2.80. The lowest BCUT2D eigenvalue weighted by Gasteiger charge is -2.10. The molecule has 0 bridgehead atoms. The van der Waals surface area contributed by atoms with Gasteiger partial charge in [0.05, 0.1) is 12.2 Å². The van der Waals surface area contributed by atoms with Crippen molar-refractivity contribution in [3.63, 3.8) is 0 Å². The van der Waals surface area contributed by atoms with Crippen LogP contribution in [-0.2, 0) is 0 Å². The Hall–Kier alpha value is -1.40. The quantitative estimate of drug-likeness (QED) is 0.709. The van der Waals surface area contributed by atoms with Gasteiger partial charge < -0.3 is 9.84 Å². The molecule has 0 spiro atoms. The van der Waals surface area contributed by atoms with Gasteiger partial charge in [-0.3, -0.25) is 0 Å². The maximum atomic E-state index is 10.9. The van der Waals surface area contributed by atoms with E-state index in [4.69, 9.17) is 9.84 Å². The Morgan fingerprint density at radius 3 is 2.90 bits per heavy atom. The molecule has 0 saturated heterocycles. The van der Waals surface area contributed by atoms with Crippen molar-refractivity contribution in [1.82, 2.24) is 4.98 Å². The molecule has 112 valence electrons. The van der Waals surface area contributed by atoms with Crippen molar-refractivity contribution in [2.24, 2.45) is 0 Å². The second-order valence-electron chi connectivity index (χ2n) is 4.54. The third-order valence-corrected chi connectivity index (χ3v) is 4.27. The lowest BCUT2D eigenvalue weighted by molar-refractivity contribution is 0.0691. The van der Waals surface area contributed by atoms with Crippen LogP contribution in [0.5, 0.6) is 5.75 Å². The van der Waals surface area contributed by atoms with Gasteiger partial charge in [-0.2, -0.15) is 0 Å². The van der Waals surface area contributed by atoms with Crippen LogP contribution in [0.25, 0.3) is 10.6 Å². The molecule has 1 aromatic heterocycles. The van der Waals surface area contributed by atoms with Gasteiger partial charge in [-0.25, -0.2) is 9.78 Å². The minimum Gasteiger partial charge on any atom is -0.493 e. The zero-order chi connectivity index (χ0) is 15.2. The molecule has 0 aliphatic carbocycles. The van der Waals surface area contributed by atoms with Crippen molar-refractivity contribution in [2.45, 2.75) is 26.2 Å². The number of hydrogen-bond acceptors (Lipinski definition) is 4. The third kappa shape index (κ3) is 4.28. The van der Waals surface area contributed by atoms with E-state index in [9.17, 15) is 4.79 Å². The molecule has 0 saturated carbocycles. The number of carboxylic acids is 1. The van der Waals surface area contributed by atoms with E-state index >= 15 is 0 Å². The number of nitrogens with zero attached hydrogens (tertiary/aromatic N) is 1. The molecule has 6 heteroatoms. The lowest BCUT2D eigenvalue weighted by Crippen LogP contribution is -1.99. The highest BCUT2D eigenvalue weighted by molar-refractivity contribution is 9.10. The number of carboxylic acid groups (broad SMARTS) is 1. The maximum absolute atomic E-state index is 10.9. The van der Waals surface area contributed by atoms with Crippen molar-refractivity contribution < 1.29 is 14.6 Å². The number of ether oxygens (including phenoxy) is 1. The molecule has 0 aliphatic rings. The number of halogens is 1. The molecule has 0 amide bonds. The van der Waals surface area contributed by atoms with Gasteiger partial charge in [0.2, 0.25) is 0 Å². The molecular formula is C15H16BrNO3S. The highest BCUT2D eigenvalue weighted by atomic mass is 79.9. The largest absolute Gasteiger partial charge is 0.493 e. The number of aromatic carboxylic acids is 1. The Morgan fingerprint density at radius 2 is 2.24 bits per heavy atom. The minimum atomic E-state index is -1.02. The third-order valence-electron chi connectivity index (χ3n) is 2.90. The zero-order valence-electron chi connectivity index (χ0n) is 11.6. The van der Waals surface area contributed by atoms with E-state index in [-0.39, 0.29) is 5.69 Å². The highest BCUT2D eigenvalue weighted by Gasteiger charge is 2.14. The molecule has 0 unspecified atom stereocenters. The molecule has 1 heterocycles. The molecule has 2 aromatic rings. The van der Waals surface area contributed by atoms with Gasteiger partial charge >= 0.3 is 5.97 Å². The SMILES string of the molecule is CCCCCOc1ccc(Br)cc1-c1nc(C(=O)O)cs1. The predicted octanol–water partition coefficient (Wildman–Crippen LogP) is 4.84. The van der Waals surface area contributed by atoms with Crippen molar-refractivity contribution in [1.29, 1.82) is 0 Å². The molecule has 0 fully saturated rings. The van der Waals surface area contributed by atoms with E-state index in [1.54, 1.807) is 5.38 Å². The fourth-order valence-corrected chi connectivity index (χ4v) is 3.00. The second-order valence-corrected chi connectivity index (χ2v) is 6.31. The van der Waals surface area contributed by atoms with Crippen LogP contribution in [0.15, 0.2) is 28.1 Å². The molecule has 1 aromatic carbocycles. The van der Waals surface area contributed by atoms with Crippen LogP contribution in [-0.4, -0.2) is 22.7 Å². The Labute approximate surface area is 135 Å². The number of aromatic nitrogens is 1. The van der Waals surface area contributed by atoms with E-state index in [0.29, 0.717) is 11.6 Å². The summed E-state index contributed by atoms with van der Waals surface area (Å²) in [5.41, 5.74) is 0.880. The average molecular weight is 370 g/mol. The minimum absolute atomic E-state index is 0.0620. The van der Waals surface area contributed by atoms with Gasteiger partial charge in [0.1, 0.15) is 10.8 Å². The normalized spacial score (nSPS) is 10.6. The Kier molecular flexibility index (Phi) is 5.76. The van der Waals surface area contributed by atoms with E-state index < -0.39 is 5.97 Å². The first-order chi connectivity index (χ1) is 10.1. The van der Waals surface area contributed by atoms with E-state index in [2.05, 4.69) is 27.8 Å². The smallest absolute Gasteiger partial charge is 0.355 e. The summed E-state index contributed by atoms with van der Waals surface area (Å²) in [6.07, 6.45) is 3.28. The van der Waals surface area contributed by atoms with Gasteiger partial charge in [0.25, 0.3) is 0 Å². The van der Waals surface area contributed by atoms with Crippen LogP contribution in [0.3, 0.4) is 0 Å². The number of hydrogen-bond donors (Lipinski definition) is 1. The number of rotatable bonds is 7. The highest BCUT2D eigenvalue weighted by Crippen LogP contribution is 2.34. The fourth-order valence-electron chi connectivity index (χ4n) is 1.83. The van der Waals surface area contributed by atoms with Crippen LogP contribution in [0.2, 0.25) is 0 Å². The Morgan fingerprint density at radius 1 is 1.43 bits per heavy atom. The van der Waals surface area contributed by atoms with Gasteiger partial charge in [-0.1, -0.05) is 35.7 Å². The van der Waals surface area contributed by atoms with Crippen LogP contribution >= 0.6 is 27.3 Å². The summed E-state index contributed by atoms with van der Waals surface area (Å²) < 4.78 is 6.72. The summed E-state index contributed by atoms with van der Waals surface area (Å²) >= 11 is 4.73. The summed E-state index contributed by atoms with van der Waals surface area (Å²) in [5, 5.41) is 11.2. The fraction of sp³-hybridized carbons (Fsp3) is 0.333. The van der Waals surface area contributed by atoms with Gasteiger partial charge in [-0.15, -0.1) is 11.3 Å². The summed E-state index contributed by atoms with van der Waals surface area (Å²) in [4.78, 5) is 15.1. The molecule has 2 rings (SSSR count). The van der Waals surface area contributed by atoms with Crippen molar-refractivity contribution in [3.05, 3.63) is 33.7 Å². The van der Waals surface area contributed by atoms with Crippen molar-refractivity contribution >= 4 is 33.2 Å². The Bertz CT molecular complexity index is 627. The van der Waals surface area contributed by atoms with Gasteiger partial charge in [0, 0.05) is 9.85 Å². The Balaban J connectivity index is 2.23. The standard InChI is InChI=1S/C15H16BrNO3S/c1-2-3-4-7-20-13-6-5-10(16)8-11(13)14-17-12(9-21-14)15(18)19/h5-6,8-9H,2-4,7H2,1H3,(H,18,19). The van der Waals surface area contributed by atoms with Crippen LogP contribution in [0, 0.1) is 0 Å². The summed E-state index contributed by atoms with van der Waals surface area (Å²) in [7, 11) is 0. The number of thiazole rings is 1. The van der Waals surface area contributed by atoms with Crippen molar-refractivity contribution in [3.8, 4) is 16.3 Å². The maximum Gasteiger partial charge on any atom is 0.355 e. The predicted molar refractivity (Wildman–Crippen MR) is 87.2 cm³/mol. The topological polar surface area (TPSA) is 59.4 Å². The summed E-state index contributed by atoms with van der Waals surface area (Å²) in [6, 6.07) is 5.69. The lowest BCUT2D eigenvalue weighted by atomic mass is 10.2. The zero-order valence-corrected chi connectivity index (χ0v) is 14.0. The first-order valence-corrected chi connectivity index (χ1v) is 8.40. The number of benzene rings is 1.